The molecule has 120 valence electrons. The average molecular weight is 323 g/mol. The number of carboxylic acid groups (broad SMARTS) is 1. The van der Waals surface area contributed by atoms with E-state index in [9.17, 15) is 9.59 Å². The number of hydrogen-bond donors (Lipinski definition) is 1. The first-order chi connectivity index (χ1) is 11.6. The summed E-state index contributed by atoms with van der Waals surface area (Å²) in [6.07, 6.45) is 1.54. The predicted molar refractivity (Wildman–Crippen MR) is 87.0 cm³/mol. The molecule has 2 aromatic carbocycles. The number of rotatable bonds is 4. The molecule has 0 unspecified atom stereocenters. The second-order valence-corrected chi connectivity index (χ2v) is 4.96. The van der Waals surface area contributed by atoms with Crippen molar-refractivity contribution in [2.75, 3.05) is 7.11 Å². The maximum Gasteiger partial charge on any atom is 0.363 e. The summed E-state index contributed by atoms with van der Waals surface area (Å²) >= 11 is 0. The highest BCUT2D eigenvalue weighted by atomic mass is 16.6. The lowest BCUT2D eigenvalue weighted by atomic mass is 10.1. The van der Waals surface area contributed by atoms with E-state index in [1.165, 1.54) is 25.3 Å². The summed E-state index contributed by atoms with van der Waals surface area (Å²) in [7, 11) is 1.52. The van der Waals surface area contributed by atoms with E-state index in [0.717, 1.165) is 0 Å². The molecule has 0 saturated heterocycles. The minimum atomic E-state index is -1.01. The van der Waals surface area contributed by atoms with Gasteiger partial charge in [0.05, 0.1) is 18.2 Å². The van der Waals surface area contributed by atoms with Gasteiger partial charge in [-0.2, -0.15) is 0 Å². The number of carbonyl (C=O) groups excluding carboxylic acids is 1. The van der Waals surface area contributed by atoms with E-state index in [2.05, 4.69) is 4.99 Å². The van der Waals surface area contributed by atoms with E-state index in [-0.39, 0.29) is 17.2 Å². The number of cyclic esters (lactones) is 1. The summed E-state index contributed by atoms with van der Waals surface area (Å²) in [6.45, 7) is 0. The molecule has 24 heavy (non-hydrogen) atoms. The number of ether oxygens (including phenoxy) is 2. The van der Waals surface area contributed by atoms with E-state index in [1.54, 1.807) is 36.4 Å². The molecule has 0 aliphatic carbocycles. The van der Waals surface area contributed by atoms with Crippen LogP contribution in [0.3, 0.4) is 0 Å². The van der Waals surface area contributed by atoms with E-state index < -0.39 is 11.9 Å². The first kappa shape index (κ1) is 15.5. The normalized spacial score (nSPS) is 15.1. The van der Waals surface area contributed by atoms with Crippen molar-refractivity contribution in [3.8, 4) is 5.75 Å². The summed E-state index contributed by atoms with van der Waals surface area (Å²) in [6, 6.07) is 13.2. The van der Waals surface area contributed by atoms with Crippen LogP contribution in [0, 0.1) is 0 Å². The SMILES string of the molecule is COc1ccccc1C1=N/C(=C/c2ccc(C(=O)O)cc2)C(=O)O1. The summed E-state index contributed by atoms with van der Waals surface area (Å²) in [4.78, 5) is 27.1. The molecule has 0 fully saturated rings. The number of hydrogen-bond acceptors (Lipinski definition) is 5. The molecule has 0 atom stereocenters. The fourth-order valence-electron chi connectivity index (χ4n) is 2.23. The molecule has 6 nitrogen and oxygen atoms in total. The van der Waals surface area contributed by atoms with Crippen molar-refractivity contribution in [3.05, 3.63) is 70.9 Å². The fraction of sp³-hybridized carbons (Fsp3) is 0.0556. The van der Waals surface area contributed by atoms with Crippen LogP contribution in [0.2, 0.25) is 0 Å². The van der Waals surface area contributed by atoms with Gasteiger partial charge in [0.1, 0.15) is 5.75 Å². The third-order valence-corrected chi connectivity index (χ3v) is 3.42. The highest BCUT2D eigenvalue weighted by molar-refractivity contribution is 6.13. The Morgan fingerprint density at radius 1 is 1.17 bits per heavy atom. The molecular weight excluding hydrogens is 310 g/mol. The zero-order valence-corrected chi connectivity index (χ0v) is 12.7. The number of nitrogens with zero attached hydrogens (tertiary/aromatic N) is 1. The predicted octanol–water partition coefficient (Wildman–Crippen LogP) is 2.74. The molecule has 6 heteroatoms. The van der Waals surface area contributed by atoms with Gasteiger partial charge >= 0.3 is 11.9 Å². The Labute approximate surface area is 137 Å². The van der Waals surface area contributed by atoms with Crippen LogP contribution in [0.15, 0.2) is 59.2 Å². The first-order valence-corrected chi connectivity index (χ1v) is 7.08. The van der Waals surface area contributed by atoms with Crippen LogP contribution < -0.4 is 4.74 Å². The van der Waals surface area contributed by atoms with E-state index >= 15 is 0 Å². The Balaban J connectivity index is 1.92. The van der Waals surface area contributed by atoms with Crippen LogP contribution in [0.4, 0.5) is 0 Å². The van der Waals surface area contributed by atoms with Crippen molar-refractivity contribution in [1.82, 2.24) is 0 Å². The highest BCUT2D eigenvalue weighted by Gasteiger charge is 2.26. The molecule has 2 aromatic rings. The van der Waals surface area contributed by atoms with Crippen molar-refractivity contribution in [3.63, 3.8) is 0 Å². The molecule has 1 aliphatic rings. The maximum absolute atomic E-state index is 12.0. The summed E-state index contributed by atoms with van der Waals surface area (Å²) in [5, 5.41) is 8.89. The second-order valence-electron chi connectivity index (χ2n) is 4.96. The lowest BCUT2D eigenvalue weighted by Gasteiger charge is -2.05. The Bertz CT molecular complexity index is 865. The molecule has 3 rings (SSSR count). The lowest BCUT2D eigenvalue weighted by molar-refractivity contribution is -0.129. The minimum absolute atomic E-state index is 0.138. The average Bonchev–Trinajstić information content (AvgIpc) is 2.96. The van der Waals surface area contributed by atoms with Crippen LogP contribution in [0.25, 0.3) is 6.08 Å². The van der Waals surface area contributed by atoms with Gasteiger partial charge in [-0.25, -0.2) is 14.6 Å². The summed E-state index contributed by atoms with van der Waals surface area (Å²) < 4.78 is 10.4. The zero-order valence-electron chi connectivity index (χ0n) is 12.7. The fourth-order valence-corrected chi connectivity index (χ4v) is 2.23. The minimum Gasteiger partial charge on any atom is -0.496 e. The number of benzene rings is 2. The van der Waals surface area contributed by atoms with E-state index in [1.807, 2.05) is 0 Å². The molecule has 0 spiro atoms. The molecule has 0 saturated carbocycles. The van der Waals surface area contributed by atoms with Crippen LogP contribution in [0.1, 0.15) is 21.5 Å². The Hall–Kier alpha value is -3.41. The summed E-state index contributed by atoms with van der Waals surface area (Å²) in [5.41, 5.74) is 1.54. The molecule has 1 N–H and O–H groups in total. The zero-order chi connectivity index (χ0) is 17.1. The number of aromatic carboxylic acids is 1. The first-order valence-electron chi connectivity index (χ1n) is 7.08. The van der Waals surface area contributed by atoms with Crippen molar-refractivity contribution >= 4 is 23.9 Å². The van der Waals surface area contributed by atoms with Gasteiger partial charge in [-0.1, -0.05) is 24.3 Å². The molecule has 0 aromatic heterocycles. The van der Waals surface area contributed by atoms with Gasteiger partial charge in [0.15, 0.2) is 5.70 Å². The number of carboxylic acids is 1. The van der Waals surface area contributed by atoms with Crippen LogP contribution in [-0.4, -0.2) is 30.1 Å². The third-order valence-electron chi connectivity index (χ3n) is 3.42. The standard InChI is InChI=1S/C18H13NO5/c1-23-15-5-3-2-4-13(15)16-19-14(18(22)24-16)10-11-6-8-12(9-7-11)17(20)21/h2-10H,1H3,(H,20,21)/b14-10+. The van der Waals surface area contributed by atoms with Crippen LogP contribution >= 0.6 is 0 Å². The largest absolute Gasteiger partial charge is 0.496 e. The van der Waals surface area contributed by atoms with Gasteiger partial charge in [0.25, 0.3) is 0 Å². The van der Waals surface area contributed by atoms with Gasteiger partial charge in [-0.15, -0.1) is 0 Å². The second kappa shape index (κ2) is 6.37. The number of para-hydroxylation sites is 1. The Morgan fingerprint density at radius 2 is 1.88 bits per heavy atom. The molecule has 0 radical (unpaired) electrons. The number of carbonyl (C=O) groups is 2. The number of aliphatic imine (C=N–C) groups is 1. The summed E-state index contributed by atoms with van der Waals surface area (Å²) in [5.74, 6) is -0.855. The Kier molecular flexibility index (Phi) is 4.11. The van der Waals surface area contributed by atoms with E-state index in [4.69, 9.17) is 14.6 Å². The Morgan fingerprint density at radius 3 is 2.54 bits per heavy atom. The molecular formula is C18H13NO5. The van der Waals surface area contributed by atoms with Gasteiger partial charge in [0.2, 0.25) is 5.90 Å². The molecule has 1 aliphatic heterocycles. The molecule has 0 amide bonds. The van der Waals surface area contributed by atoms with Gasteiger partial charge in [0, 0.05) is 0 Å². The molecule has 0 bridgehead atoms. The molecule has 1 heterocycles. The number of esters is 1. The monoisotopic (exact) mass is 323 g/mol. The van der Waals surface area contributed by atoms with Gasteiger partial charge in [-0.3, -0.25) is 0 Å². The quantitative estimate of drug-likeness (QED) is 0.691. The van der Waals surface area contributed by atoms with Gasteiger partial charge in [-0.05, 0) is 35.9 Å². The van der Waals surface area contributed by atoms with Crippen molar-refractivity contribution in [1.29, 1.82) is 0 Å². The highest BCUT2D eigenvalue weighted by Crippen LogP contribution is 2.24. The smallest absolute Gasteiger partial charge is 0.363 e. The van der Waals surface area contributed by atoms with E-state index in [0.29, 0.717) is 16.9 Å². The van der Waals surface area contributed by atoms with Crippen molar-refractivity contribution in [2.45, 2.75) is 0 Å². The van der Waals surface area contributed by atoms with Crippen LogP contribution in [0.5, 0.6) is 5.75 Å². The van der Waals surface area contributed by atoms with Gasteiger partial charge < -0.3 is 14.6 Å². The van der Waals surface area contributed by atoms with Crippen molar-refractivity contribution < 1.29 is 24.2 Å². The van der Waals surface area contributed by atoms with Crippen molar-refractivity contribution in [2.24, 2.45) is 4.99 Å². The topological polar surface area (TPSA) is 85.2 Å². The maximum atomic E-state index is 12.0. The van der Waals surface area contributed by atoms with Crippen LogP contribution in [-0.2, 0) is 9.53 Å². The number of methoxy groups -OCH3 is 1. The lowest BCUT2D eigenvalue weighted by Crippen LogP contribution is -2.06. The third kappa shape index (κ3) is 3.03.